The molecule has 1 fully saturated rings. The number of hydrogen-bond acceptors (Lipinski definition) is 8. The Kier molecular flexibility index (Phi) is 5.52. The fourth-order valence-electron chi connectivity index (χ4n) is 4.21. The van der Waals surface area contributed by atoms with Crippen molar-refractivity contribution in [1.29, 1.82) is 5.26 Å². The van der Waals surface area contributed by atoms with Crippen molar-refractivity contribution >= 4 is 28.2 Å². The lowest BCUT2D eigenvalue weighted by atomic mass is 10.0. The van der Waals surface area contributed by atoms with Crippen molar-refractivity contribution in [1.82, 2.24) is 24.7 Å². The van der Waals surface area contributed by atoms with Gasteiger partial charge in [0.25, 0.3) is 0 Å². The minimum absolute atomic E-state index is 0.230. The molecule has 0 bridgehead atoms. The van der Waals surface area contributed by atoms with Crippen LogP contribution in [0.5, 0.6) is 0 Å². The Labute approximate surface area is 196 Å². The number of nitrogens with zero attached hydrogens (tertiary/aromatic N) is 7. The van der Waals surface area contributed by atoms with Crippen molar-refractivity contribution in [3.8, 4) is 17.3 Å². The Morgan fingerprint density at radius 3 is 2.67 bits per heavy atom. The topological polar surface area (TPSA) is 95.5 Å². The molecule has 1 aliphatic heterocycles. The smallest absolute Gasteiger partial charge is 0.228 e. The summed E-state index contributed by atoms with van der Waals surface area (Å²) in [5.74, 6) is 1.37. The van der Waals surface area contributed by atoms with E-state index in [1.165, 1.54) is 22.5 Å². The van der Waals surface area contributed by atoms with Crippen LogP contribution in [0, 0.1) is 25.2 Å². The second-order valence-corrected chi connectivity index (χ2v) is 9.31. The van der Waals surface area contributed by atoms with E-state index >= 15 is 0 Å². The van der Waals surface area contributed by atoms with Gasteiger partial charge in [-0.15, -0.1) is 0 Å². The van der Waals surface area contributed by atoms with Gasteiger partial charge in [-0.1, -0.05) is 41.2 Å². The predicted octanol–water partition coefficient (Wildman–Crippen LogP) is 4.91. The average molecular weight is 457 g/mol. The summed E-state index contributed by atoms with van der Waals surface area (Å²) in [4.78, 5) is 17.1. The van der Waals surface area contributed by atoms with E-state index in [1.54, 1.807) is 10.9 Å². The zero-order valence-corrected chi connectivity index (χ0v) is 19.6. The highest BCUT2D eigenvalue weighted by Gasteiger charge is 2.29. The summed E-state index contributed by atoms with van der Waals surface area (Å²) in [5, 5.41) is 17.4. The molecule has 1 aliphatic rings. The van der Waals surface area contributed by atoms with Crippen LogP contribution >= 0.6 is 11.3 Å². The van der Waals surface area contributed by atoms with E-state index in [2.05, 4.69) is 57.6 Å². The molecule has 1 N–H and O–H groups in total. The number of aryl methyl sites for hydroxylation is 2. The van der Waals surface area contributed by atoms with Crippen LogP contribution in [0.25, 0.3) is 11.3 Å². The highest BCUT2D eigenvalue weighted by atomic mass is 32.1. The second-order valence-electron chi connectivity index (χ2n) is 8.28. The molecule has 3 aromatic heterocycles. The van der Waals surface area contributed by atoms with Gasteiger partial charge in [0.05, 0.1) is 24.1 Å². The molecule has 0 amide bonds. The summed E-state index contributed by atoms with van der Waals surface area (Å²) < 4.78 is 1.77. The van der Waals surface area contributed by atoms with Crippen molar-refractivity contribution in [3.63, 3.8) is 0 Å². The van der Waals surface area contributed by atoms with Crippen molar-refractivity contribution in [2.75, 3.05) is 16.8 Å². The third-order valence-electron chi connectivity index (χ3n) is 5.93. The van der Waals surface area contributed by atoms with Gasteiger partial charge in [-0.05, 0) is 32.3 Å². The van der Waals surface area contributed by atoms with E-state index in [0.717, 1.165) is 36.2 Å². The first-order valence-corrected chi connectivity index (χ1v) is 11.7. The van der Waals surface area contributed by atoms with Crippen LogP contribution in [0.2, 0.25) is 0 Å². The van der Waals surface area contributed by atoms with Crippen LogP contribution in [-0.4, -0.2) is 31.3 Å². The van der Waals surface area contributed by atoms with Gasteiger partial charge in [-0.3, -0.25) is 4.68 Å². The monoisotopic (exact) mass is 456 g/mol. The first-order chi connectivity index (χ1) is 16.0. The van der Waals surface area contributed by atoms with E-state index in [9.17, 15) is 0 Å². The highest BCUT2D eigenvalue weighted by molar-refractivity contribution is 7.16. The maximum absolute atomic E-state index is 9.16. The molecule has 0 radical (unpaired) electrons. The second kappa shape index (κ2) is 8.64. The Morgan fingerprint density at radius 1 is 1.15 bits per heavy atom. The minimum atomic E-state index is 0.230. The molecule has 5 rings (SSSR count). The lowest BCUT2D eigenvalue weighted by Gasteiger charge is -2.26. The molecule has 9 heteroatoms. The molecule has 1 saturated heterocycles. The molecule has 0 saturated carbocycles. The molecule has 4 heterocycles. The van der Waals surface area contributed by atoms with Gasteiger partial charge in [-0.2, -0.15) is 15.3 Å². The molecule has 166 valence electrons. The number of rotatable bonds is 5. The van der Waals surface area contributed by atoms with Crippen molar-refractivity contribution in [3.05, 3.63) is 64.4 Å². The Bertz CT molecular complexity index is 1330. The minimum Gasteiger partial charge on any atom is -0.334 e. The maximum Gasteiger partial charge on any atom is 0.228 e. The van der Waals surface area contributed by atoms with E-state index in [1.807, 2.05) is 26.4 Å². The molecular formula is C24H24N8S. The standard InChI is InChI=1S/C24H24N8S/c1-15-6-8-17(9-7-15)20-5-4-10-32(20)23-28-21(18-12-27-31(3)14-18)16(2)22(29-23)30-24-26-13-19(11-25)33-24/h6-9,12-14,20H,4-5,10H2,1-3H3,(H,26,28,29,30). The van der Waals surface area contributed by atoms with Gasteiger partial charge in [0, 0.05) is 30.9 Å². The van der Waals surface area contributed by atoms with Crippen molar-refractivity contribution < 1.29 is 0 Å². The molecule has 4 aromatic rings. The van der Waals surface area contributed by atoms with Crippen LogP contribution in [-0.2, 0) is 7.05 Å². The third-order valence-corrected chi connectivity index (χ3v) is 6.74. The van der Waals surface area contributed by atoms with Crippen molar-refractivity contribution in [2.24, 2.45) is 7.05 Å². The molecule has 1 atom stereocenters. The van der Waals surface area contributed by atoms with Gasteiger partial charge in [0.2, 0.25) is 5.95 Å². The quantitative estimate of drug-likeness (QED) is 0.456. The maximum atomic E-state index is 9.16. The van der Waals surface area contributed by atoms with E-state index in [4.69, 9.17) is 15.2 Å². The fourth-order valence-corrected chi connectivity index (χ4v) is 4.82. The predicted molar refractivity (Wildman–Crippen MR) is 130 cm³/mol. The van der Waals surface area contributed by atoms with Crippen molar-refractivity contribution in [2.45, 2.75) is 32.7 Å². The number of nitriles is 1. The van der Waals surface area contributed by atoms with Gasteiger partial charge >= 0.3 is 0 Å². The fraction of sp³-hybridized carbons (Fsp3) is 0.292. The highest BCUT2D eigenvalue weighted by Crippen LogP contribution is 2.37. The summed E-state index contributed by atoms with van der Waals surface area (Å²) >= 11 is 1.31. The summed E-state index contributed by atoms with van der Waals surface area (Å²) in [5.41, 5.74) is 5.21. The van der Waals surface area contributed by atoms with Crippen LogP contribution in [0.4, 0.5) is 16.9 Å². The number of anilines is 3. The average Bonchev–Trinajstić information content (AvgIpc) is 3.57. The SMILES string of the molecule is Cc1ccc(C2CCCN2c2nc(Nc3ncc(C#N)s3)c(C)c(-c3cnn(C)c3)n2)cc1. The number of nitrogens with one attached hydrogen (secondary N) is 1. The molecule has 0 aliphatic carbocycles. The number of hydrogen-bond donors (Lipinski definition) is 1. The Morgan fingerprint density at radius 2 is 1.97 bits per heavy atom. The third kappa shape index (κ3) is 4.17. The van der Waals surface area contributed by atoms with E-state index in [0.29, 0.717) is 21.8 Å². The molecular weight excluding hydrogens is 432 g/mol. The summed E-state index contributed by atoms with van der Waals surface area (Å²) in [6, 6.07) is 11.1. The summed E-state index contributed by atoms with van der Waals surface area (Å²) in [7, 11) is 1.90. The number of benzene rings is 1. The molecule has 8 nitrogen and oxygen atoms in total. The van der Waals surface area contributed by atoms with Gasteiger partial charge in [0.1, 0.15) is 16.8 Å². The van der Waals surface area contributed by atoms with Crippen LogP contribution < -0.4 is 10.2 Å². The van der Waals surface area contributed by atoms with Crippen LogP contribution in [0.1, 0.15) is 40.5 Å². The lowest BCUT2D eigenvalue weighted by molar-refractivity contribution is 0.702. The first kappa shape index (κ1) is 21.1. The van der Waals surface area contributed by atoms with Crippen LogP contribution in [0.15, 0.2) is 42.9 Å². The zero-order chi connectivity index (χ0) is 22.9. The van der Waals surface area contributed by atoms with E-state index < -0.39 is 0 Å². The van der Waals surface area contributed by atoms with Gasteiger partial charge < -0.3 is 10.2 Å². The molecule has 33 heavy (non-hydrogen) atoms. The molecule has 1 aromatic carbocycles. The summed E-state index contributed by atoms with van der Waals surface area (Å²) in [6.45, 7) is 4.99. The lowest BCUT2D eigenvalue weighted by Crippen LogP contribution is -2.25. The van der Waals surface area contributed by atoms with Crippen LogP contribution in [0.3, 0.4) is 0 Å². The zero-order valence-electron chi connectivity index (χ0n) is 18.8. The normalized spacial score (nSPS) is 15.6. The molecule has 0 spiro atoms. The van der Waals surface area contributed by atoms with Gasteiger partial charge in [-0.25, -0.2) is 9.97 Å². The van der Waals surface area contributed by atoms with Gasteiger partial charge in [0.15, 0.2) is 5.13 Å². The molecule has 1 unspecified atom stereocenters. The number of aromatic nitrogens is 5. The Hall–Kier alpha value is -3.77. The largest absolute Gasteiger partial charge is 0.334 e. The van der Waals surface area contributed by atoms with E-state index in [-0.39, 0.29) is 6.04 Å². The summed E-state index contributed by atoms with van der Waals surface area (Å²) in [6.07, 6.45) is 7.49. The number of thiazole rings is 1. The first-order valence-electron chi connectivity index (χ1n) is 10.9. The Balaban J connectivity index is 1.58.